The summed E-state index contributed by atoms with van der Waals surface area (Å²) in [5.41, 5.74) is 4.28. The molecule has 0 fully saturated rings. The van der Waals surface area contributed by atoms with E-state index in [1.165, 1.54) is 0 Å². The molecule has 2 aromatic heterocycles. The SMILES string of the molecule is COc1ccc(-c2c3c(nc4nn[nH]c(=O)c24)CCCC3)cc1. The number of aryl methyl sites for hydroxylation is 1. The summed E-state index contributed by atoms with van der Waals surface area (Å²) in [4.78, 5) is 16.9. The van der Waals surface area contributed by atoms with Gasteiger partial charge in [0, 0.05) is 11.3 Å². The van der Waals surface area contributed by atoms with E-state index in [2.05, 4.69) is 20.4 Å². The van der Waals surface area contributed by atoms with E-state index in [1.54, 1.807) is 7.11 Å². The van der Waals surface area contributed by atoms with Crippen LogP contribution in [0.4, 0.5) is 0 Å². The van der Waals surface area contributed by atoms with Crippen molar-refractivity contribution >= 4 is 11.0 Å². The summed E-state index contributed by atoms with van der Waals surface area (Å²) in [5, 5.41) is 10.6. The summed E-state index contributed by atoms with van der Waals surface area (Å²) >= 11 is 0. The second-order valence-corrected chi connectivity index (χ2v) is 5.69. The summed E-state index contributed by atoms with van der Waals surface area (Å²) in [6.45, 7) is 0. The molecule has 0 bridgehead atoms. The van der Waals surface area contributed by atoms with Crippen LogP contribution in [0.3, 0.4) is 0 Å². The Kier molecular flexibility index (Phi) is 3.29. The molecule has 0 saturated carbocycles. The Morgan fingerprint density at radius 3 is 2.70 bits per heavy atom. The third-order valence-corrected chi connectivity index (χ3v) is 4.36. The molecular weight excluding hydrogens is 292 g/mol. The Labute approximate surface area is 132 Å². The minimum Gasteiger partial charge on any atom is -0.497 e. The first-order chi connectivity index (χ1) is 11.3. The fourth-order valence-electron chi connectivity index (χ4n) is 3.27. The number of hydrogen-bond donors (Lipinski definition) is 1. The van der Waals surface area contributed by atoms with Gasteiger partial charge in [-0.3, -0.25) is 4.79 Å². The molecule has 4 rings (SSSR count). The summed E-state index contributed by atoms with van der Waals surface area (Å²) in [7, 11) is 1.64. The largest absolute Gasteiger partial charge is 0.497 e. The van der Waals surface area contributed by atoms with Crippen LogP contribution in [0.5, 0.6) is 5.75 Å². The van der Waals surface area contributed by atoms with Crippen molar-refractivity contribution in [2.75, 3.05) is 7.11 Å². The molecule has 0 radical (unpaired) electrons. The van der Waals surface area contributed by atoms with Crippen molar-refractivity contribution in [3.05, 3.63) is 45.9 Å². The van der Waals surface area contributed by atoms with Crippen LogP contribution in [0, 0.1) is 0 Å². The van der Waals surface area contributed by atoms with Crippen LogP contribution < -0.4 is 10.3 Å². The number of aromatic amines is 1. The summed E-state index contributed by atoms with van der Waals surface area (Å²) in [6, 6.07) is 7.75. The van der Waals surface area contributed by atoms with Crippen LogP contribution in [-0.2, 0) is 12.8 Å². The van der Waals surface area contributed by atoms with E-state index in [0.717, 1.165) is 53.8 Å². The molecule has 0 unspecified atom stereocenters. The first-order valence-corrected chi connectivity index (χ1v) is 7.69. The van der Waals surface area contributed by atoms with Crippen LogP contribution >= 0.6 is 0 Å². The van der Waals surface area contributed by atoms with Crippen molar-refractivity contribution in [3.63, 3.8) is 0 Å². The van der Waals surface area contributed by atoms with Crippen molar-refractivity contribution in [1.29, 1.82) is 0 Å². The van der Waals surface area contributed by atoms with Gasteiger partial charge >= 0.3 is 0 Å². The van der Waals surface area contributed by atoms with Gasteiger partial charge in [-0.15, -0.1) is 5.10 Å². The number of methoxy groups -OCH3 is 1. The predicted molar refractivity (Wildman–Crippen MR) is 86.6 cm³/mol. The zero-order valence-electron chi connectivity index (χ0n) is 12.8. The van der Waals surface area contributed by atoms with Crippen LogP contribution in [0.2, 0.25) is 0 Å². The van der Waals surface area contributed by atoms with Crippen molar-refractivity contribution in [2.45, 2.75) is 25.7 Å². The molecule has 1 aromatic carbocycles. The smallest absolute Gasteiger partial charge is 0.277 e. The maximum atomic E-state index is 12.4. The number of nitrogens with one attached hydrogen (secondary N) is 1. The molecule has 3 aromatic rings. The molecule has 1 aliphatic carbocycles. The van der Waals surface area contributed by atoms with Gasteiger partial charge in [0.25, 0.3) is 5.56 Å². The predicted octanol–water partition coefficient (Wildman–Crippen LogP) is 2.27. The lowest BCUT2D eigenvalue weighted by molar-refractivity contribution is 0.415. The van der Waals surface area contributed by atoms with Crippen molar-refractivity contribution in [3.8, 4) is 16.9 Å². The third kappa shape index (κ3) is 2.27. The molecule has 1 N–H and O–H groups in total. The van der Waals surface area contributed by atoms with E-state index in [1.807, 2.05) is 24.3 Å². The molecule has 0 aliphatic heterocycles. The molecule has 0 spiro atoms. The Hall–Kier alpha value is -2.76. The monoisotopic (exact) mass is 308 g/mol. The normalized spacial score (nSPS) is 13.8. The molecular formula is C17H16N4O2. The average molecular weight is 308 g/mol. The number of hydrogen-bond acceptors (Lipinski definition) is 5. The van der Waals surface area contributed by atoms with Gasteiger partial charge in [-0.05, 0) is 48.9 Å². The number of ether oxygens (including phenoxy) is 1. The van der Waals surface area contributed by atoms with Crippen molar-refractivity contribution < 1.29 is 4.74 Å². The van der Waals surface area contributed by atoms with Gasteiger partial charge in [-0.1, -0.05) is 17.3 Å². The van der Waals surface area contributed by atoms with Crippen LogP contribution in [-0.4, -0.2) is 27.5 Å². The van der Waals surface area contributed by atoms with E-state index in [-0.39, 0.29) is 5.56 Å². The van der Waals surface area contributed by atoms with Gasteiger partial charge in [-0.2, -0.15) is 0 Å². The van der Waals surface area contributed by atoms with Gasteiger partial charge in [0.2, 0.25) is 0 Å². The number of fused-ring (bicyclic) bond motifs is 2. The van der Waals surface area contributed by atoms with Gasteiger partial charge in [0.15, 0.2) is 5.65 Å². The number of rotatable bonds is 2. The topological polar surface area (TPSA) is 80.8 Å². The maximum Gasteiger partial charge on any atom is 0.277 e. The quantitative estimate of drug-likeness (QED) is 0.785. The second kappa shape index (κ2) is 5.46. The first kappa shape index (κ1) is 13.9. The average Bonchev–Trinajstić information content (AvgIpc) is 2.60. The summed E-state index contributed by atoms with van der Waals surface area (Å²) < 4.78 is 5.23. The fourth-order valence-corrected chi connectivity index (χ4v) is 3.27. The number of H-pyrrole nitrogens is 1. The van der Waals surface area contributed by atoms with Crippen LogP contribution in [0.1, 0.15) is 24.1 Å². The van der Waals surface area contributed by atoms with Crippen LogP contribution in [0.15, 0.2) is 29.1 Å². The lowest BCUT2D eigenvalue weighted by Gasteiger charge is -2.20. The van der Waals surface area contributed by atoms with Crippen molar-refractivity contribution in [1.82, 2.24) is 20.4 Å². The molecule has 2 heterocycles. The number of pyridine rings is 1. The lowest BCUT2D eigenvalue weighted by Crippen LogP contribution is -2.16. The standard InChI is InChI=1S/C17H16N4O2/c1-23-11-8-6-10(7-9-11)14-12-4-2-3-5-13(12)18-16-15(14)17(22)20-21-19-16/h6-9H,2-5H2,1H3,(H,18,19,20,22). The van der Waals surface area contributed by atoms with Gasteiger partial charge in [-0.25, -0.2) is 10.1 Å². The van der Waals surface area contributed by atoms with Gasteiger partial charge < -0.3 is 4.74 Å². The van der Waals surface area contributed by atoms with Crippen molar-refractivity contribution in [2.24, 2.45) is 0 Å². The minimum atomic E-state index is -0.248. The molecule has 0 atom stereocenters. The van der Waals surface area contributed by atoms with Crippen LogP contribution in [0.25, 0.3) is 22.2 Å². The molecule has 0 saturated heterocycles. The Morgan fingerprint density at radius 2 is 1.91 bits per heavy atom. The minimum absolute atomic E-state index is 0.248. The maximum absolute atomic E-state index is 12.4. The molecule has 1 aliphatic rings. The Morgan fingerprint density at radius 1 is 1.13 bits per heavy atom. The van der Waals surface area contributed by atoms with Gasteiger partial charge in [0.05, 0.1) is 12.5 Å². The van der Waals surface area contributed by atoms with E-state index < -0.39 is 0 Å². The number of benzene rings is 1. The van der Waals surface area contributed by atoms with E-state index >= 15 is 0 Å². The highest BCUT2D eigenvalue weighted by atomic mass is 16.5. The second-order valence-electron chi connectivity index (χ2n) is 5.69. The highest BCUT2D eigenvalue weighted by molar-refractivity contribution is 5.94. The molecule has 23 heavy (non-hydrogen) atoms. The summed E-state index contributed by atoms with van der Waals surface area (Å²) in [6.07, 6.45) is 4.08. The van der Waals surface area contributed by atoms with E-state index in [9.17, 15) is 4.79 Å². The highest BCUT2D eigenvalue weighted by Gasteiger charge is 2.21. The first-order valence-electron chi connectivity index (χ1n) is 7.69. The molecule has 6 nitrogen and oxygen atoms in total. The zero-order valence-corrected chi connectivity index (χ0v) is 12.8. The summed E-state index contributed by atoms with van der Waals surface area (Å²) in [5.74, 6) is 0.787. The molecule has 6 heteroatoms. The lowest BCUT2D eigenvalue weighted by atomic mass is 9.87. The molecule has 116 valence electrons. The highest BCUT2D eigenvalue weighted by Crippen LogP contribution is 2.35. The van der Waals surface area contributed by atoms with E-state index in [0.29, 0.717) is 11.0 Å². The Bertz CT molecular complexity index is 932. The van der Waals surface area contributed by atoms with Gasteiger partial charge in [0.1, 0.15) is 5.75 Å². The fraction of sp³-hybridized carbons (Fsp3) is 0.294. The van der Waals surface area contributed by atoms with E-state index in [4.69, 9.17) is 4.74 Å². The Balaban J connectivity index is 2.07. The molecule has 0 amide bonds. The third-order valence-electron chi connectivity index (χ3n) is 4.36. The zero-order chi connectivity index (χ0) is 15.8. The number of aromatic nitrogens is 4. The number of nitrogens with zero attached hydrogens (tertiary/aromatic N) is 3.